The lowest BCUT2D eigenvalue weighted by Crippen LogP contribution is -2.25. The molecule has 0 spiro atoms. The lowest BCUT2D eigenvalue weighted by molar-refractivity contribution is 0.888. The molecule has 0 radical (unpaired) electrons. The van der Waals surface area contributed by atoms with Crippen LogP contribution in [-0.2, 0) is 10.3 Å². The Labute approximate surface area is 324 Å². The van der Waals surface area contributed by atoms with Crippen LogP contribution in [0.1, 0.15) is 33.4 Å². The molecule has 0 amide bonds. The van der Waals surface area contributed by atoms with Gasteiger partial charge in [0.25, 0.3) is 0 Å². The predicted molar refractivity (Wildman–Crippen MR) is 240 cm³/mol. The number of anilines is 2. The van der Waals surface area contributed by atoms with Crippen molar-refractivity contribution in [3.8, 4) is 11.1 Å². The highest BCUT2D eigenvalue weighted by Gasteiger charge is 2.39. The third-order valence-electron chi connectivity index (χ3n) is 11.1. The highest BCUT2D eigenvalue weighted by molar-refractivity contribution is 7.19. The fraction of sp³-hybridized carbons (Fsp3) is 0.120. The SMILES string of the molecule is CN(C)c1ccc(C(P)(c2ccccc2)c2ccc3ccccc3c2-c2c(C(P)(c3ccccc3)c3ccc(N(C)C)cc3)ccc3ccccc23)cc1. The van der Waals surface area contributed by atoms with Crippen LogP contribution in [0.2, 0.25) is 0 Å². The highest BCUT2D eigenvalue weighted by Crippen LogP contribution is 2.56. The van der Waals surface area contributed by atoms with Crippen molar-refractivity contribution < 1.29 is 0 Å². The maximum absolute atomic E-state index is 3.36. The van der Waals surface area contributed by atoms with Crippen molar-refractivity contribution in [2.75, 3.05) is 38.0 Å². The molecule has 4 heteroatoms. The summed E-state index contributed by atoms with van der Waals surface area (Å²) < 4.78 is 0. The van der Waals surface area contributed by atoms with Crippen molar-refractivity contribution in [3.63, 3.8) is 0 Å². The van der Waals surface area contributed by atoms with Crippen LogP contribution in [0.5, 0.6) is 0 Å². The van der Waals surface area contributed by atoms with E-state index in [0.29, 0.717) is 0 Å². The zero-order chi connectivity index (χ0) is 37.5. The summed E-state index contributed by atoms with van der Waals surface area (Å²) in [7, 11) is 15.1. The molecule has 0 N–H and O–H groups in total. The Hall–Kier alpha value is -5.26. The van der Waals surface area contributed by atoms with E-state index >= 15 is 0 Å². The summed E-state index contributed by atoms with van der Waals surface area (Å²) >= 11 is 0. The number of hydrogen-bond acceptors (Lipinski definition) is 2. The molecule has 0 aromatic heterocycles. The van der Waals surface area contributed by atoms with Gasteiger partial charge in [0.2, 0.25) is 0 Å². The van der Waals surface area contributed by atoms with E-state index in [2.05, 4.69) is 238 Å². The van der Waals surface area contributed by atoms with Crippen LogP contribution in [0.4, 0.5) is 11.4 Å². The largest absolute Gasteiger partial charge is 0.378 e. The molecule has 4 unspecified atom stereocenters. The Morgan fingerprint density at radius 2 is 0.648 bits per heavy atom. The summed E-state index contributed by atoms with van der Waals surface area (Å²) in [5.41, 5.74) is 12.1. The van der Waals surface area contributed by atoms with Crippen molar-refractivity contribution in [1.29, 1.82) is 0 Å². The molecule has 0 fully saturated rings. The summed E-state index contributed by atoms with van der Waals surface area (Å²) in [5, 5.41) is 3.71. The van der Waals surface area contributed by atoms with Crippen LogP contribution in [0, 0.1) is 0 Å². The topological polar surface area (TPSA) is 6.48 Å². The summed E-state index contributed by atoms with van der Waals surface area (Å²) in [6, 6.07) is 67.2. The Morgan fingerprint density at radius 1 is 0.333 bits per heavy atom. The van der Waals surface area contributed by atoms with E-state index in [9.17, 15) is 0 Å². The van der Waals surface area contributed by atoms with E-state index in [-0.39, 0.29) is 0 Å². The normalized spacial score (nSPS) is 13.7. The molecule has 0 aliphatic carbocycles. The first-order valence-corrected chi connectivity index (χ1v) is 19.7. The maximum atomic E-state index is 3.36. The van der Waals surface area contributed by atoms with E-state index in [1.807, 2.05) is 0 Å². The number of nitrogens with zero attached hydrogens (tertiary/aromatic N) is 2. The van der Waals surface area contributed by atoms with Gasteiger partial charge in [-0.25, -0.2) is 0 Å². The molecule has 266 valence electrons. The summed E-state index contributed by atoms with van der Waals surface area (Å²) in [4.78, 5) is 4.32. The van der Waals surface area contributed by atoms with Crippen LogP contribution in [0.3, 0.4) is 0 Å². The summed E-state index contributed by atoms with van der Waals surface area (Å²) in [5.74, 6) is 0. The molecule has 4 atom stereocenters. The van der Waals surface area contributed by atoms with Gasteiger partial charge in [-0.2, -0.15) is 0 Å². The molecule has 0 heterocycles. The van der Waals surface area contributed by atoms with Gasteiger partial charge in [0.1, 0.15) is 0 Å². The van der Waals surface area contributed by atoms with Gasteiger partial charge in [0.15, 0.2) is 0 Å². The second-order valence-corrected chi connectivity index (χ2v) is 16.4. The van der Waals surface area contributed by atoms with Crippen molar-refractivity contribution >= 4 is 51.4 Å². The van der Waals surface area contributed by atoms with Gasteiger partial charge in [0, 0.05) is 39.6 Å². The van der Waals surface area contributed by atoms with Crippen LogP contribution in [0.15, 0.2) is 182 Å². The van der Waals surface area contributed by atoms with Gasteiger partial charge in [-0.3, -0.25) is 0 Å². The molecule has 0 aliphatic rings. The van der Waals surface area contributed by atoms with Crippen molar-refractivity contribution in [3.05, 3.63) is 215 Å². The Kier molecular flexibility index (Phi) is 9.62. The number of hydrogen-bond donors (Lipinski definition) is 0. The van der Waals surface area contributed by atoms with Crippen LogP contribution < -0.4 is 9.80 Å². The van der Waals surface area contributed by atoms with Gasteiger partial charge in [-0.1, -0.05) is 158 Å². The van der Waals surface area contributed by atoms with Crippen molar-refractivity contribution in [1.82, 2.24) is 0 Å². The number of fused-ring (bicyclic) bond motifs is 2. The molecule has 8 rings (SSSR count). The Morgan fingerprint density at radius 3 is 1.00 bits per heavy atom. The first-order chi connectivity index (χ1) is 26.2. The van der Waals surface area contributed by atoms with E-state index in [4.69, 9.17) is 0 Å². The smallest absolute Gasteiger partial charge is 0.0597 e. The molecule has 0 aliphatic heterocycles. The standard InChI is InChI=1S/C50H46N2P2/c1-51(2)41-29-25-39(26-30-41)49(53,37-17-7-5-8-18-37)45-33-23-35-15-11-13-21-43(35)47(45)48-44-22-14-12-16-36(44)24-34-46(48)50(54,38-19-9-6-10-20-38)40-27-31-42(32-28-40)52(3)4/h5-34H,53-54H2,1-4H3. The molecular weight excluding hydrogens is 691 g/mol. The first kappa shape index (κ1) is 35.8. The van der Waals surface area contributed by atoms with Gasteiger partial charge in [-0.15, -0.1) is 18.5 Å². The average molecular weight is 737 g/mol. The second-order valence-electron chi connectivity index (χ2n) is 14.6. The maximum Gasteiger partial charge on any atom is 0.0597 e. The highest BCUT2D eigenvalue weighted by atomic mass is 31.0. The third-order valence-corrected chi connectivity index (χ3v) is 13.0. The zero-order valence-electron chi connectivity index (χ0n) is 31.4. The number of rotatable bonds is 9. The van der Waals surface area contributed by atoms with Gasteiger partial charge in [-0.05, 0) is 90.3 Å². The monoisotopic (exact) mass is 736 g/mol. The van der Waals surface area contributed by atoms with Gasteiger partial charge < -0.3 is 9.80 Å². The van der Waals surface area contributed by atoms with Crippen LogP contribution in [0.25, 0.3) is 32.7 Å². The van der Waals surface area contributed by atoms with Crippen LogP contribution >= 0.6 is 18.5 Å². The molecule has 0 bridgehead atoms. The molecule has 0 saturated heterocycles. The van der Waals surface area contributed by atoms with Crippen molar-refractivity contribution in [2.24, 2.45) is 0 Å². The predicted octanol–water partition coefficient (Wildman–Crippen LogP) is 12.1. The first-order valence-electron chi connectivity index (χ1n) is 18.5. The fourth-order valence-corrected chi connectivity index (χ4v) is 9.39. The molecule has 0 saturated carbocycles. The third kappa shape index (κ3) is 6.09. The van der Waals surface area contributed by atoms with E-state index < -0.39 is 10.3 Å². The minimum Gasteiger partial charge on any atom is -0.378 e. The summed E-state index contributed by atoms with van der Waals surface area (Å²) in [6.07, 6.45) is 0. The lowest BCUT2D eigenvalue weighted by atomic mass is 9.74. The minimum absolute atomic E-state index is 0.580. The molecule has 8 aromatic rings. The van der Waals surface area contributed by atoms with E-state index in [1.54, 1.807) is 0 Å². The molecule has 8 aromatic carbocycles. The molecule has 54 heavy (non-hydrogen) atoms. The van der Waals surface area contributed by atoms with E-state index in [0.717, 1.165) is 0 Å². The van der Waals surface area contributed by atoms with Crippen molar-refractivity contribution in [2.45, 2.75) is 10.3 Å². The van der Waals surface area contributed by atoms with Gasteiger partial charge in [0.05, 0.1) is 10.3 Å². The van der Waals surface area contributed by atoms with E-state index in [1.165, 1.54) is 77.4 Å². The lowest BCUT2D eigenvalue weighted by Gasteiger charge is -2.38. The Bertz CT molecular complexity index is 2380. The second kappa shape index (κ2) is 14.5. The van der Waals surface area contributed by atoms with Gasteiger partial charge >= 0.3 is 0 Å². The molecular formula is C50H46N2P2. The minimum atomic E-state index is -0.580. The zero-order valence-corrected chi connectivity index (χ0v) is 33.7. The fourth-order valence-electron chi connectivity index (χ4n) is 8.14. The Balaban J connectivity index is 1.54. The number of benzene rings is 8. The quantitative estimate of drug-likeness (QED) is 0.108. The summed E-state index contributed by atoms with van der Waals surface area (Å²) in [6.45, 7) is 0. The molecule has 2 nitrogen and oxygen atoms in total. The van der Waals surface area contributed by atoms with Crippen LogP contribution in [-0.4, -0.2) is 28.2 Å². The average Bonchev–Trinajstić information content (AvgIpc) is 3.23.